The number of ether oxygens (including phenoxy) is 4. The van der Waals surface area contributed by atoms with Crippen LogP contribution in [0.25, 0.3) is 6.08 Å². The summed E-state index contributed by atoms with van der Waals surface area (Å²) >= 11 is 0. The lowest BCUT2D eigenvalue weighted by molar-refractivity contribution is -0.151. The molecule has 1 atom stereocenters. The van der Waals surface area contributed by atoms with Crippen molar-refractivity contribution < 1.29 is 33.3 Å². The number of nitrogens with zero attached hydrogens (tertiary/aromatic N) is 1. The molecule has 0 spiro atoms. The molecular weight excluding hydrogens is 438 g/mol. The third-order valence-corrected chi connectivity index (χ3v) is 5.81. The molecule has 0 N–H and O–H groups in total. The quantitative estimate of drug-likeness (QED) is 0.457. The van der Waals surface area contributed by atoms with Crippen LogP contribution < -0.4 is 14.2 Å². The van der Waals surface area contributed by atoms with Crippen molar-refractivity contribution in [1.29, 1.82) is 0 Å². The van der Waals surface area contributed by atoms with E-state index in [1.807, 2.05) is 12.1 Å². The molecule has 1 fully saturated rings. The third-order valence-electron chi connectivity index (χ3n) is 5.81. The first-order chi connectivity index (χ1) is 16.5. The molecule has 0 radical (unpaired) electrons. The van der Waals surface area contributed by atoms with Crippen molar-refractivity contribution in [3.63, 3.8) is 0 Å². The molecule has 4 rings (SSSR count). The molecule has 0 aromatic heterocycles. The van der Waals surface area contributed by atoms with Gasteiger partial charge in [-0.1, -0.05) is 12.1 Å². The molecule has 8 heteroatoms. The molecule has 2 aromatic rings. The van der Waals surface area contributed by atoms with Crippen LogP contribution in [0.3, 0.4) is 0 Å². The van der Waals surface area contributed by atoms with Crippen LogP contribution in [0.2, 0.25) is 0 Å². The lowest BCUT2D eigenvalue weighted by Crippen LogP contribution is -2.44. The highest BCUT2D eigenvalue weighted by molar-refractivity contribution is 6.14. The average molecular weight is 466 g/mol. The second-order valence-electron chi connectivity index (χ2n) is 8.09. The van der Waals surface area contributed by atoms with Crippen LogP contribution in [-0.4, -0.2) is 56.0 Å². The molecule has 0 bridgehead atoms. The lowest BCUT2D eigenvalue weighted by Gasteiger charge is -2.31. The van der Waals surface area contributed by atoms with Crippen molar-refractivity contribution in [1.82, 2.24) is 4.90 Å². The Morgan fingerprint density at radius 2 is 1.91 bits per heavy atom. The second kappa shape index (κ2) is 10.4. The molecule has 2 aliphatic heterocycles. The molecule has 178 valence electrons. The van der Waals surface area contributed by atoms with Gasteiger partial charge >= 0.3 is 5.97 Å². The standard InChI is InChI=1S/C26H27NO7/c1-3-32-26(30)18-5-4-12-27(15-18)24(28)16-33-20-10-11-21-22(14-20)34-23(25(21)29)13-17-6-8-19(31-2)9-7-17/h6-11,13-14,18H,3-5,12,15-16H2,1-2H3. The summed E-state index contributed by atoms with van der Waals surface area (Å²) in [6.45, 7) is 2.84. The van der Waals surface area contributed by atoms with Gasteiger partial charge in [0.2, 0.25) is 5.78 Å². The number of Topliss-reactive ketones (excluding diaryl/α,β-unsaturated/α-hetero) is 1. The number of likely N-dealkylation sites (tertiary alicyclic amines) is 1. The first kappa shape index (κ1) is 23.4. The summed E-state index contributed by atoms with van der Waals surface area (Å²) in [5.41, 5.74) is 1.24. The number of rotatable bonds is 7. The molecule has 0 saturated carbocycles. The molecule has 0 aliphatic carbocycles. The third kappa shape index (κ3) is 5.22. The number of amides is 1. The Labute approximate surface area is 198 Å². The zero-order chi connectivity index (χ0) is 24.1. The van der Waals surface area contributed by atoms with Crippen molar-refractivity contribution in [3.05, 3.63) is 59.4 Å². The van der Waals surface area contributed by atoms with E-state index in [0.717, 1.165) is 17.7 Å². The zero-order valence-corrected chi connectivity index (χ0v) is 19.2. The highest BCUT2D eigenvalue weighted by Crippen LogP contribution is 2.35. The van der Waals surface area contributed by atoms with Crippen molar-refractivity contribution in [3.8, 4) is 17.2 Å². The summed E-state index contributed by atoms with van der Waals surface area (Å²) in [6, 6.07) is 12.1. The average Bonchev–Trinajstić information content (AvgIpc) is 3.17. The van der Waals surface area contributed by atoms with E-state index >= 15 is 0 Å². The number of allylic oxidation sites excluding steroid dienone is 1. The minimum absolute atomic E-state index is 0.170. The van der Waals surface area contributed by atoms with Crippen LogP contribution in [0.4, 0.5) is 0 Å². The Morgan fingerprint density at radius 1 is 1.15 bits per heavy atom. The smallest absolute Gasteiger partial charge is 0.310 e. The number of benzene rings is 2. The number of methoxy groups -OCH3 is 1. The van der Waals surface area contributed by atoms with Gasteiger partial charge in [0.25, 0.3) is 5.91 Å². The Kier molecular flexibility index (Phi) is 7.15. The van der Waals surface area contributed by atoms with Crippen LogP contribution in [0.5, 0.6) is 17.2 Å². The van der Waals surface area contributed by atoms with Crippen LogP contribution in [-0.2, 0) is 14.3 Å². The van der Waals surface area contributed by atoms with Crippen molar-refractivity contribution >= 4 is 23.7 Å². The van der Waals surface area contributed by atoms with Crippen molar-refractivity contribution in [2.24, 2.45) is 5.92 Å². The van der Waals surface area contributed by atoms with E-state index in [1.54, 1.807) is 55.3 Å². The highest BCUT2D eigenvalue weighted by atomic mass is 16.5. The fourth-order valence-electron chi connectivity index (χ4n) is 4.00. The molecule has 2 aliphatic rings. The van der Waals surface area contributed by atoms with Gasteiger partial charge in [0, 0.05) is 19.2 Å². The van der Waals surface area contributed by atoms with Gasteiger partial charge in [-0.05, 0) is 55.7 Å². The van der Waals surface area contributed by atoms with Crippen LogP contribution >= 0.6 is 0 Å². The largest absolute Gasteiger partial charge is 0.497 e. The van der Waals surface area contributed by atoms with Crippen molar-refractivity contribution in [2.45, 2.75) is 19.8 Å². The summed E-state index contributed by atoms with van der Waals surface area (Å²) in [5, 5.41) is 0. The number of hydrogen-bond donors (Lipinski definition) is 0. The maximum absolute atomic E-state index is 12.7. The predicted molar refractivity (Wildman–Crippen MR) is 124 cm³/mol. The van der Waals surface area contributed by atoms with E-state index in [4.69, 9.17) is 18.9 Å². The summed E-state index contributed by atoms with van der Waals surface area (Å²) in [4.78, 5) is 39.0. The summed E-state index contributed by atoms with van der Waals surface area (Å²) in [5.74, 6) is 0.763. The molecular formula is C26H27NO7. The predicted octanol–water partition coefficient (Wildman–Crippen LogP) is 3.49. The van der Waals surface area contributed by atoms with Gasteiger partial charge in [0.15, 0.2) is 12.4 Å². The number of piperidine rings is 1. The topological polar surface area (TPSA) is 91.4 Å². The van der Waals surface area contributed by atoms with Crippen LogP contribution in [0, 0.1) is 5.92 Å². The number of hydrogen-bond acceptors (Lipinski definition) is 7. The Morgan fingerprint density at radius 3 is 2.65 bits per heavy atom. The van der Waals surface area contributed by atoms with Gasteiger partial charge in [0.05, 0.1) is 25.2 Å². The van der Waals surface area contributed by atoms with Crippen LogP contribution in [0.15, 0.2) is 48.2 Å². The van der Waals surface area contributed by atoms with Gasteiger partial charge < -0.3 is 23.8 Å². The van der Waals surface area contributed by atoms with Crippen LogP contribution in [0.1, 0.15) is 35.7 Å². The van der Waals surface area contributed by atoms with E-state index < -0.39 is 0 Å². The Balaban J connectivity index is 1.36. The Bertz CT molecular complexity index is 1110. The van der Waals surface area contributed by atoms with Gasteiger partial charge in [-0.15, -0.1) is 0 Å². The normalized spacial score (nSPS) is 18.3. The molecule has 1 saturated heterocycles. The highest BCUT2D eigenvalue weighted by Gasteiger charge is 2.30. The first-order valence-electron chi connectivity index (χ1n) is 11.3. The molecule has 2 aromatic carbocycles. The minimum atomic E-state index is -0.298. The molecule has 34 heavy (non-hydrogen) atoms. The Hall–Kier alpha value is -3.81. The van der Waals surface area contributed by atoms with Crippen molar-refractivity contribution in [2.75, 3.05) is 33.4 Å². The minimum Gasteiger partial charge on any atom is -0.497 e. The van der Waals surface area contributed by atoms with E-state index in [-0.39, 0.29) is 35.9 Å². The van der Waals surface area contributed by atoms with E-state index in [0.29, 0.717) is 43.2 Å². The van der Waals surface area contributed by atoms with E-state index in [1.165, 1.54) is 0 Å². The van der Waals surface area contributed by atoms with Gasteiger partial charge in [0.1, 0.15) is 17.2 Å². The SMILES string of the molecule is CCOC(=O)C1CCCN(C(=O)COc2ccc3c(c2)OC(=Cc2ccc(OC)cc2)C3=O)C1. The molecule has 1 amide bonds. The fraction of sp³-hybridized carbons (Fsp3) is 0.346. The fourth-order valence-corrected chi connectivity index (χ4v) is 4.00. The molecule has 2 heterocycles. The zero-order valence-electron chi connectivity index (χ0n) is 19.2. The number of esters is 1. The molecule has 8 nitrogen and oxygen atoms in total. The monoisotopic (exact) mass is 465 g/mol. The van der Waals surface area contributed by atoms with Gasteiger partial charge in [-0.3, -0.25) is 14.4 Å². The second-order valence-corrected chi connectivity index (χ2v) is 8.09. The van der Waals surface area contributed by atoms with Gasteiger partial charge in [-0.25, -0.2) is 0 Å². The maximum atomic E-state index is 12.7. The number of carbonyl (C=O) groups is 3. The summed E-state index contributed by atoms with van der Waals surface area (Å²) < 4.78 is 21.7. The number of fused-ring (bicyclic) bond motifs is 1. The molecule has 1 unspecified atom stereocenters. The summed E-state index contributed by atoms with van der Waals surface area (Å²) in [7, 11) is 1.59. The van der Waals surface area contributed by atoms with E-state index in [2.05, 4.69) is 0 Å². The van der Waals surface area contributed by atoms with E-state index in [9.17, 15) is 14.4 Å². The lowest BCUT2D eigenvalue weighted by atomic mass is 9.98. The first-order valence-corrected chi connectivity index (χ1v) is 11.3. The number of carbonyl (C=O) groups excluding carboxylic acids is 3. The number of ketones is 1. The maximum Gasteiger partial charge on any atom is 0.310 e. The summed E-state index contributed by atoms with van der Waals surface area (Å²) in [6.07, 6.45) is 3.13. The van der Waals surface area contributed by atoms with Gasteiger partial charge in [-0.2, -0.15) is 0 Å².